The summed E-state index contributed by atoms with van der Waals surface area (Å²) in [5.41, 5.74) is 13.4. The van der Waals surface area contributed by atoms with Gasteiger partial charge in [-0.3, -0.25) is 0 Å². The third-order valence-electron chi connectivity index (χ3n) is 11.2. The number of hydrogen-bond acceptors (Lipinski definition) is 4. The number of aryl methyl sites for hydroxylation is 2. The maximum Gasteiger partial charge on any atom is 2.00 e. The summed E-state index contributed by atoms with van der Waals surface area (Å²) in [5, 5.41) is 23.0. The van der Waals surface area contributed by atoms with Crippen molar-refractivity contribution in [3.8, 4) is 6.07 Å². The molecule has 5 heterocycles. The zero-order chi connectivity index (χ0) is 33.0. The van der Waals surface area contributed by atoms with Crippen LogP contribution in [0.2, 0.25) is 0 Å². The van der Waals surface area contributed by atoms with Crippen LogP contribution in [0, 0.1) is 11.3 Å². The Labute approximate surface area is 290 Å². The van der Waals surface area contributed by atoms with Crippen LogP contribution in [0.5, 0.6) is 0 Å². The van der Waals surface area contributed by atoms with Crippen LogP contribution in [0.25, 0.3) is 39.4 Å². The van der Waals surface area contributed by atoms with E-state index in [9.17, 15) is 10.4 Å². The van der Waals surface area contributed by atoms with Gasteiger partial charge in [-0.25, -0.2) is 9.97 Å². The molecule has 8 bridgehead atoms. The summed E-state index contributed by atoms with van der Waals surface area (Å²) < 4.78 is 0. The molecule has 7 heteroatoms. The third kappa shape index (κ3) is 4.73. The smallest absolute Gasteiger partial charge is 0.662 e. The molecule has 1 aliphatic carbocycles. The van der Waals surface area contributed by atoms with Crippen LogP contribution in [-0.2, 0) is 40.2 Å². The number of aliphatic hydroxyl groups is 1. The average Bonchev–Trinajstić information content (AvgIpc) is 3.78. The van der Waals surface area contributed by atoms with Gasteiger partial charge in [-0.2, -0.15) is 5.26 Å². The zero-order valence-corrected chi connectivity index (χ0v) is 30.1. The first kappa shape index (κ1) is 34.9. The average molecular weight is 673 g/mol. The van der Waals surface area contributed by atoms with E-state index in [2.05, 4.69) is 72.7 Å². The normalized spacial score (nSPS) is 22.3. The Morgan fingerprint density at radius 3 is 1.74 bits per heavy atom. The molecule has 3 aliphatic heterocycles. The molecule has 0 amide bonds. The molecule has 0 radical (unpaired) electrons. The quantitative estimate of drug-likeness (QED) is 0.282. The van der Waals surface area contributed by atoms with E-state index in [1.54, 1.807) is 0 Å². The monoisotopic (exact) mass is 671 g/mol. The van der Waals surface area contributed by atoms with E-state index in [1.807, 2.05) is 19.1 Å². The number of nitriles is 1. The van der Waals surface area contributed by atoms with Crippen LogP contribution in [-0.4, -0.2) is 21.2 Å². The number of aromatic nitrogens is 4. The fraction of sp³-hybridized carbons (Fsp3) is 0.475. The SMILES string of the molecule is CCC1=C(CC)c2cc3[n-]c(cc4nc(c5c6[n-]c(cc1n2)[C@](C#N)(CC)[C@@]6(CC)C(O)C=C5)C(CC)=C4CC)c(CC)c3CC.[Ni+2]. The summed E-state index contributed by atoms with van der Waals surface area (Å²) in [6.45, 7) is 17.3. The molecule has 1 N–H and O–H groups in total. The molecule has 0 aromatic carbocycles. The summed E-state index contributed by atoms with van der Waals surface area (Å²) in [5.74, 6) is 0. The minimum absolute atomic E-state index is 0. The van der Waals surface area contributed by atoms with Crippen LogP contribution in [0.15, 0.2) is 24.3 Å². The van der Waals surface area contributed by atoms with Crippen molar-refractivity contribution in [3.05, 3.63) is 75.1 Å². The van der Waals surface area contributed by atoms with Crippen LogP contribution >= 0.6 is 0 Å². The van der Waals surface area contributed by atoms with Crippen molar-refractivity contribution in [3.63, 3.8) is 0 Å². The van der Waals surface area contributed by atoms with Gasteiger partial charge in [0, 0.05) is 5.41 Å². The molecule has 2 aromatic heterocycles. The van der Waals surface area contributed by atoms with Gasteiger partial charge in [0.1, 0.15) is 0 Å². The van der Waals surface area contributed by atoms with Gasteiger partial charge >= 0.3 is 16.5 Å². The van der Waals surface area contributed by atoms with E-state index in [1.165, 1.54) is 33.4 Å². The Morgan fingerprint density at radius 2 is 1.26 bits per heavy atom. The van der Waals surface area contributed by atoms with E-state index < -0.39 is 16.9 Å². The first-order valence-corrected chi connectivity index (χ1v) is 17.5. The maximum atomic E-state index is 11.9. The summed E-state index contributed by atoms with van der Waals surface area (Å²) in [6, 6.07) is 9.15. The van der Waals surface area contributed by atoms with Gasteiger partial charge in [-0.05, 0) is 79.2 Å². The molecule has 0 saturated heterocycles. The van der Waals surface area contributed by atoms with E-state index in [0.29, 0.717) is 18.5 Å². The first-order valence-electron chi connectivity index (χ1n) is 17.5. The van der Waals surface area contributed by atoms with Gasteiger partial charge in [0.15, 0.2) is 0 Å². The summed E-state index contributed by atoms with van der Waals surface area (Å²) >= 11 is 0. The first-order chi connectivity index (χ1) is 22.3. The minimum atomic E-state index is -1.03. The predicted octanol–water partition coefficient (Wildman–Crippen LogP) is 8.79. The van der Waals surface area contributed by atoms with Crippen molar-refractivity contribution < 1.29 is 21.6 Å². The molecule has 47 heavy (non-hydrogen) atoms. The molecule has 1 unspecified atom stereocenters. The molecule has 0 fully saturated rings. The van der Waals surface area contributed by atoms with Gasteiger partial charge < -0.3 is 15.1 Å². The fourth-order valence-electron chi connectivity index (χ4n) is 8.89. The van der Waals surface area contributed by atoms with E-state index in [4.69, 9.17) is 19.9 Å². The molecule has 0 saturated carbocycles. The maximum absolute atomic E-state index is 11.9. The Balaban J connectivity index is 0.00000433. The van der Waals surface area contributed by atoms with Crippen LogP contribution < -0.4 is 9.97 Å². The number of aliphatic hydroxyl groups excluding tert-OH is 1. The van der Waals surface area contributed by atoms with E-state index >= 15 is 0 Å². The minimum Gasteiger partial charge on any atom is -0.662 e. The topological polar surface area (TPSA) is 98.0 Å². The number of rotatable bonds is 8. The molecule has 0 spiro atoms. The standard InChI is InChI=1S/C40H47N5O.Ni/c1-9-23-24(10-2)32-20-33-27(13-5)28(14-6)37(44-33)29-17-18-36(46)40(16-8)38(29)45-35(39(40,15-7)22-41)21-34-26(12-4)25(11-3)31(43-34)19-30(23)42-32;/h17-21,36,46H,9-16H2,1-8H3;/q-2;+2/t36?,39-,40+;/m1./s1. The molecular weight excluding hydrogens is 625 g/mol. The van der Waals surface area contributed by atoms with Gasteiger partial charge in [0.2, 0.25) is 0 Å². The molecule has 2 aromatic rings. The Morgan fingerprint density at radius 1 is 0.723 bits per heavy atom. The second-order valence-electron chi connectivity index (χ2n) is 12.8. The predicted molar refractivity (Wildman–Crippen MR) is 188 cm³/mol. The fourth-order valence-corrected chi connectivity index (χ4v) is 8.89. The van der Waals surface area contributed by atoms with Crippen molar-refractivity contribution in [2.75, 3.05) is 0 Å². The molecule has 6 nitrogen and oxygen atoms in total. The second-order valence-corrected chi connectivity index (χ2v) is 12.8. The van der Waals surface area contributed by atoms with Crippen LogP contribution in [0.4, 0.5) is 0 Å². The molecule has 4 aliphatic rings. The number of fused-ring (bicyclic) bond motifs is 8. The van der Waals surface area contributed by atoms with Crippen molar-refractivity contribution in [1.29, 1.82) is 5.26 Å². The largest absolute Gasteiger partial charge is 2.00 e. The van der Waals surface area contributed by atoms with Crippen molar-refractivity contribution in [2.45, 2.75) is 124 Å². The van der Waals surface area contributed by atoms with Gasteiger partial charge in [-0.1, -0.05) is 96.9 Å². The Hall–Kier alpha value is -3.46. The Kier molecular flexibility index (Phi) is 9.80. The molecule has 6 rings (SSSR count). The molecule has 248 valence electrons. The molecular formula is C40H47N5NiO. The van der Waals surface area contributed by atoms with Gasteiger partial charge in [0.05, 0.1) is 40.4 Å². The van der Waals surface area contributed by atoms with Crippen molar-refractivity contribution in [1.82, 2.24) is 19.9 Å². The summed E-state index contributed by atoms with van der Waals surface area (Å²) in [4.78, 5) is 21.3. The molecule has 3 atom stereocenters. The number of hydrogen-bond donors (Lipinski definition) is 1. The Bertz CT molecular complexity index is 1930. The van der Waals surface area contributed by atoms with E-state index in [0.717, 1.165) is 83.6 Å². The van der Waals surface area contributed by atoms with Crippen LogP contribution in [0.3, 0.4) is 0 Å². The summed E-state index contributed by atoms with van der Waals surface area (Å²) in [6.07, 6.45) is 9.19. The van der Waals surface area contributed by atoms with Gasteiger partial charge in [0.25, 0.3) is 0 Å². The van der Waals surface area contributed by atoms with Gasteiger partial charge in [-0.15, -0.1) is 22.4 Å². The third-order valence-corrected chi connectivity index (χ3v) is 11.2. The van der Waals surface area contributed by atoms with Crippen molar-refractivity contribution >= 4 is 39.4 Å². The zero-order valence-electron chi connectivity index (χ0n) is 29.1. The second kappa shape index (κ2) is 13.2. The summed E-state index contributed by atoms with van der Waals surface area (Å²) in [7, 11) is 0. The van der Waals surface area contributed by atoms with Crippen molar-refractivity contribution in [2.24, 2.45) is 0 Å². The van der Waals surface area contributed by atoms with Crippen LogP contribution in [0.1, 0.15) is 145 Å². The number of allylic oxidation sites excluding steroid dienone is 4. The van der Waals surface area contributed by atoms with E-state index in [-0.39, 0.29) is 16.5 Å². The number of nitrogens with zero attached hydrogens (tertiary/aromatic N) is 5.